The zero-order valence-corrected chi connectivity index (χ0v) is 20.0. The maximum Gasteiger partial charge on any atom is 0.252 e. The van der Waals surface area contributed by atoms with Crippen molar-refractivity contribution >= 4 is 17.3 Å². The van der Waals surface area contributed by atoms with Crippen LogP contribution in [0, 0.1) is 23.5 Å². The molecule has 4 heterocycles. The normalized spacial score (nSPS) is 19.4. The lowest BCUT2D eigenvalue weighted by atomic mass is 10.0. The number of nitrogens with two attached hydrogens (primary N) is 1. The average Bonchev–Trinajstić information content (AvgIpc) is 3.20. The summed E-state index contributed by atoms with van der Waals surface area (Å²) in [6, 6.07) is 10.3. The lowest BCUT2D eigenvalue weighted by Gasteiger charge is -2.17. The van der Waals surface area contributed by atoms with Crippen LogP contribution in [-0.4, -0.2) is 34.7 Å². The van der Waals surface area contributed by atoms with Crippen molar-refractivity contribution in [1.82, 2.24) is 34.7 Å². The zero-order chi connectivity index (χ0) is 26.3. The summed E-state index contributed by atoms with van der Waals surface area (Å²) in [5, 5.41) is 11.8. The third-order valence-corrected chi connectivity index (χ3v) is 7.44. The topological polar surface area (TPSA) is 120 Å². The summed E-state index contributed by atoms with van der Waals surface area (Å²) in [4.78, 5) is 20.2. The maximum absolute atomic E-state index is 14.9. The highest BCUT2D eigenvalue weighted by atomic mass is 35.5. The first-order valence-electron chi connectivity index (χ1n) is 11.6. The van der Waals surface area contributed by atoms with Crippen molar-refractivity contribution in [2.75, 3.05) is 5.73 Å². The molecule has 2 aliphatic rings. The number of imidazole rings is 1. The number of hydrogen-bond acceptors (Lipinski definition) is 6. The Hall–Kier alpha value is -4.45. The Kier molecular flexibility index (Phi) is 4.80. The van der Waals surface area contributed by atoms with Gasteiger partial charge in [-0.05, 0) is 64.7 Å². The molecule has 38 heavy (non-hydrogen) atoms. The smallest absolute Gasteiger partial charge is 0.252 e. The van der Waals surface area contributed by atoms with Gasteiger partial charge < -0.3 is 15.3 Å². The Morgan fingerprint density at radius 3 is 2.68 bits per heavy atom. The van der Waals surface area contributed by atoms with E-state index >= 15 is 0 Å². The molecule has 1 fully saturated rings. The Labute approximate surface area is 216 Å². The van der Waals surface area contributed by atoms with Gasteiger partial charge in [0.15, 0.2) is 11.6 Å². The number of nitrogens with zero attached hydrogens (tertiary/aromatic N) is 6. The van der Waals surface area contributed by atoms with E-state index in [1.165, 1.54) is 23.1 Å². The number of fused-ring (bicyclic) bond motifs is 3. The lowest BCUT2D eigenvalue weighted by molar-refractivity contribution is 0.504. The Bertz CT molecular complexity index is 1820. The van der Waals surface area contributed by atoms with E-state index in [9.17, 15) is 18.0 Å². The van der Waals surface area contributed by atoms with Gasteiger partial charge in [-0.1, -0.05) is 11.6 Å². The minimum Gasteiger partial charge on any atom is -0.396 e. The van der Waals surface area contributed by atoms with Gasteiger partial charge in [-0.3, -0.25) is 4.79 Å². The molecular formula is C25H16ClF3N8O. The van der Waals surface area contributed by atoms with E-state index < -0.39 is 23.6 Å². The van der Waals surface area contributed by atoms with Crippen LogP contribution in [0.3, 0.4) is 0 Å². The Morgan fingerprint density at radius 2 is 1.89 bits per heavy atom. The van der Waals surface area contributed by atoms with Crippen LogP contribution in [0.5, 0.6) is 0 Å². The third kappa shape index (κ3) is 3.29. The van der Waals surface area contributed by atoms with Crippen molar-refractivity contribution in [3.05, 3.63) is 93.3 Å². The molecule has 190 valence electrons. The molecule has 3 atom stereocenters. The highest BCUT2D eigenvalue weighted by Gasteiger charge is 2.54. The van der Waals surface area contributed by atoms with Crippen molar-refractivity contribution in [2.45, 2.75) is 18.4 Å². The fourth-order valence-corrected chi connectivity index (χ4v) is 5.59. The van der Waals surface area contributed by atoms with Crippen molar-refractivity contribution in [3.63, 3.8) is 0 Å². The molecule has 3 aromatic heterocycles. The fraction of sp³-hybridized carbons (Fsp3) is 0.160. The number of benzene rings is 2. The summed E-state index contributed by atoms with van der Waals surface area (Å²) < 4.78 is 46.5. The van der Waals surface area contributed by atoms with Gasteiger partial charge in [-0.25, -0.2) is 13.8 Å². The van der Waals surface area contributed by atoms with Gasteiger partial charge in [0.1, 0.15) is 17.8 Å². The molecule has 1 aliphatic carbocycles. The molecule has 3 unspecified atom stereocenters. The van der Waals surface area contributed by atoms with E-state index in [1.54, 1.807) is 22.8 Å². The Balaban J connectivity index is 1.33. The summed E-state index contributed by atoms with van der Waals surface area (Å²) in [7, 11) is 0. The molecule has 2 aromatic carbocycles. The standard InChI is InChI=1S/C25H16ClF3N8O/c26-11-1-4-17(36-9-31-34-35-36)13(7-11)10-5-18-14-8-15(14)23(37(18)19(38)6-10)25-32-22(24(29)33-25)12-2-3-16(30)21(28)20(12)27/h1-7,9,14-15,23H,8,30H2,(H,32,33). The van der Waals surface area contributed by atoms with Crippen LogP contribution in [0.1, 0.15) is 29.9 Å². The second-order valence-corrected chi connectivity index (χ2v) is 9.80. The average molecular weight is 537 g/mol. The molecule has 1 saturated carbocycles. The molecule has 5 aromatic rings. The van der Waals surface area contributed by atoms with E-state index in [0.717, 1.165) is 18.2 Å². The van der Waals surface area contributed by atoms with Crippen LogP contribution in [0.4, 0.5) is 18.9 Å². The van der Waals surface area contributed by atoms with Crippen molar-refractivity contribution < 1.29 is 13.2 Å². The molecule has 1 aliphatic heterocycles. The number of aromatic amines is 1. The Morgan fingerprint density at radius 1 is 1.05 bits per heavy atom. The number of H-pyrrole nitrogens is 1. The van der Waals surface area contributed by atoms with Crippen LogP contribution in [0.25, 0.3) is 28.1 Å². The van der Waals surface area contributed by atoms with Crippen LogP contribution in [0.15, 0.2) is 53.6 Å². The molecule has 0 radical (unpaired) electrons. The number of tetrazole rings is 1. The molecule has 0 bridgehead atoms. The number of anilines is 1. The first-order chi connectivity index (χ1) is 18.3. The van der Waals surface area contributed by atoms with Crippen LogP contribution < -0.4 is 11.3 Å². The second-order valence-electron chi connectivity index (χ2n) is 9.36. The van der Waals surface area contributed by atoms with Gasteiger partial charge >= 0.3 is 0 Å². The monoisotopic (exact) mass is 536 g/mol. The van der Waals surface area contributed by atoms with Gasteiger partial charge in [0, 0.05) is 33.8 Å². The first-order valence-corrected chi connectivity index (χ1v) is 12.0. The van der Waals surface area contributed by atoms with Crippen molar-refractivity contribution in [2.24, 2.45) is 5.92 Å². The molecule has 9 nitrogen and oxygen atoms in total. The lowest BCUT2D eigenvalue weighted by Crippen LogP contribution is -2.26. The van der Waals surface area contributed by atoms with E-state index in [1.807, 2.05) is 6.07 Å². The van der Waals surface area contributed by atoms with Gasteiger partial charge in [0.05, 0.1) is 17.4 Å². The van der Waals surface area contributed by atoms with Crippen molar-refractivity contribution in [3.8, 4) is 28.1 Å². The second kappa shape index (κ2) is 8.02. The number of hydrogen-bond donors (Lipinski definition) is 2. The highest BCUT2D eigenvalue weighted by Crippen LogP contribution is 2.60. The minimum absolute atomic E-state index is 0.00250. The summed E-state index contributed by atoms with van der Waals surface area (Å²) >= 11 is 6.27. The number of nitrogen functional groups attached to an aromatic ring is 1. The first kappa shape index (κ1) is 22.7. The third-order valence-electron chi connectivity index (χ3n) is 7.21. The summed E-state index contributed by atoms with van der Waals surface area (Å²) in [5.41, 5.74) is 6.77. The highest BCUT2D eigenvalue weighted by molar-refractivity contribution is 6.31. The predicted molar refractivity (Wildman–Crippen MR) is 131 cm³/mol. The molecule has 7 rings (SSSR count). The van der Waals surface area contributed by atoms with Crippen molar-refractivity contribution in [1.29, 1.82) is 0 Å². The predicted octanol–water partition coefficient (Wildman–Crippen LogP) is 4.24. The number of nitrogens with one attached hydrogen (secondary N) is 1. The van der Waals surface area contributed by atoms with E-state index in [0.29, 0.717) is 21.8 Å². The summed E-state index contributed by atoms with van der Waals surface area (Å²) in [6.07, 6.45) is 2.21. The molecule has 0 spiro atoms. The quantitative estimate of drug-likeness (QED) is 0.331. The maximum atomic E-state index is 14.9. The zero-order valence-electron chi connectivity index (χ0n) is 19.2. The summed E-state index contributed by atoms with van der Waals surface area (Å²) in [5.74, 6) is -3.32. The number of pyridine rings is 1. The van der Waals surface area contributed by atoms with Crippen LogP contribution in [0.2, 0.25) is 5.02 Å². The van der Waals surface area contributed by atoms with Gasteiger partial charge in [-0.15, -0.1) is 5.10 Å². The van der Waals surface area contributed by atoms with E-state index in [4.69, 9.17) is 17.3 Å². The number of rotatable bonds is 4. The summed E-state index contributed by atoms with van der Waals surface area (Å²) in [6.45, 7) is 0. The van der Waals surface area contributed by atoms with E-state index in [2.05, 4.69) is 25.5 Å². The minimum atomic E-state index is -1.28. The molecule has 13 heteroatoms. The SMILES string of the molecule is Nc1ccc(-c2[nH]c(C3C4CC4c4cc(-c5cc(Cl)ccc5-n5cnnn5)cc(=O)n43)nc2F)c(F)c1F. The van der Waals surface area contributed by atoms with Crippen LogP contribution in [-0.2, 0) is 0 Å². The number of aromatic nitrogens is 7. The molecular weight excluding hydrogens is 521 g/mol. The number of halogens is 4. The van der Waals surface area contributed by atoms with Gasteiger partial charge in [-0.2, -0.15) is 9.07 Å². The fourth-order valence-electron chi connectivity index (χ4n) is 5.42. The molecule has 0 saturated heterocycles. The molecule has 0 amide bonds. The van der Waals surface area contributed by atoms with E-state index in [-0.39, 0.29) is 40.2 Å². The van der Waals surface area contributed by atoms with Crippen LogP contribution >= 0.6 is 11.6 Å². The van der Waals surface area contributed by atoms with Gasteiger partial charge in [0.25, 0.3) is 5.56 Å². The van der Waals surface area contributed by atoms with Gasteiger partial charge in [0.2, 0.25) is 5.95 Å². The largest absolute Gasteiger partial charge is 0.396 e. The molecule has 3 N–H and O–H groups in total.